The van der Waals surface area contributed by atoms with Crippen molar-refractivity contribution in [1.29, 1.82) is 0 Å². The van der Waals surface area contributed by atoms with Crippen molar-refractivity contribution in [2.75, 3.05) is 20.8 Å². The molecule has 0 saturated carbocycles. The largest absolute Gasteiger partial charge is 0.497 e. The molecule has 1 aliphatic rings. The molecule has 0 aliphatic carbocycles. The first-order chi connectivity index (χ1) is 7.26. The van der Waals surface area contributed by atoms with Crippen molar-refractivity contribution in [1.82, 2.24) is 5.32 Å². The summed E-state index contributed by atoms with van der Waals surface area (Å²) in [5, 5.41) is 3.35. The number of rotatable bonds is 3. The van der Waals surface area contributed by atoms with Crippen molar-refractivity contribution in [3.8, 4) is 11.5 Å². The first kappa shape index (κ1) is 10.3. The molecular formula is C12H17NO2. The normalized spacial score (nSPS) is 24.5. The molecule has 1 fully saturated rings. The Morgan fingerprint density at radius 1 is 1.27 bits per heavy atom. The lowest BCUT2D eigenvalue weighted by Crippen LogP contribution is -2.48. The van der Waals surface area contributed by atoms with Crippen LogP contribution in [-0.4, -0.2) is 26.8 Å². The maximum atomic E-state index is 5.37. The number of hydrogen-bond acceptors (Lipinski definition) is 3. The first-order valence-corrected chi connectivity index (χ1v) is 5.21. The van der Waals surface area contributed by atoms with Crippen molar-refractivity contribution < 1.29 is 9.47 Å². The van der Waals surface area contributed by atoms with E-state index >= 15 is 0 Å². The maximum Gasteiger partial charge on any atom is 0.122 e. The van der Waals surface area contributed by atoms with E-state index in [9.17, 15) is 0 Å². The molecule has 3 heteroatoms. The van der Waals surface area contributed by atoms with Crippen LogP contribution in [0.15, 0.2) is 18.2 Å². The van der Waals surface area contributed by atoms with Gasteiger partial charge in [-0.05, 0) is 25.1 Å². The number of methoxy groups -OCH3 is 2. The minimum atomic E-state index is 0.519. The molecule has 1 saturated heterocycles. The van der Waals surface area contributed by atoms with E-state index in [1.165, 1.54) is 5.56 Å². The molecule has 0 aromatic heterocycles. The lowest BCUT2D eigenvalue weighted by Gasteiger charge is -2.36. The average Bonchev–Trinajstić information content (AvgIpc) is 2.27. The smallest absolute Gasteiger partial charge is 0.122 e. The predicted molar refractivity (Wildman–Crippen MR) is 59.8 cm³/mol. The van der Waals surface area contributed by atoms with E-state index in [-0.39, 0.29) is 0 Å². The molecule has 2 atom stereocenters. The quantitative estimate of drug-likeness (QED) is 0.819. The summed E-state index contributed by atoms with van der Waals surface area (Å²) >= 11 is 0. The van der Waals surface area contributed by atoms with Crippen molar-refractivity contribution in [2.45, 2.75) is 18.9 Å². The topological polar surface area (TPSA) is 30.5 Å². The third-order valence-corrected chi connectivity index (χ3v) is 3.10. The van der Waals surface area contributed by atoms with Gasteiger partial charge in [0.25, 0.3) is 0 Å². The van der Waals surface area contributed by atoms with Gasteiger partial charge in [-0.15, -0.1) is 0 Å². The van der Waals surface area contributed by atoms with Gasteiger partial charge in [0.2, 0.25) is 0 Å². The summed E-state index contributed by atoms with van der Waals surface area (Å²) in [7, 11) is 3.40. The summed E-state index contributed by atoms with van der Waals surface area (Å²) in [6.07, 6.45) is 0. The summed E-state index contributed by atoms with van der Waals surface area (Å²) in [6.45, 7) is 3.21. The van der Waals surface area contributed by atoms with Gasteiger partial charge in [0.1, 0.15) is 11.5 Å². The Bertz CT molecular complexity index is 351. The van der Waals surface area contributed by atoms with Crippen molar-refractivity contribution in [2.24, 2.45) is 0 Å². The Morgan fingerprint density at radius 3 is 2.53 bits per heavy atom. The lowest BCUT2D eigenvalue weighted by molar-refractivity contribution is 0.317. The Hall–Kier alpha value is -1.22. The minimum Gasteiger partial charge on any atom is -0.497 e. The monoisotopic (exact) mass is 207 g/mol. The van der Waals surface area contributed by atoms with E-state index in [0.29, 0.717) is 12.0 Å². The molecule has 1 N–H and O–H groups in total. The van der Waals surface area contributed by atoms with Crippen LogP contribution in [0.2, 0.25) is 0 Å². The van der Waals surface area contributed by atoms with Crippen LogP contribution in [0, 0.1) is 0 Å². The Balaban J connectivity index is 2.33. The summed E-state index contributed by atoms with van der Waals surface area (Å²) in [5.74, 6) is 2.38. The second-order valence-electron chi connectivity index (χ2n) is 3.91. The highest BCUT2D eigenvalue weighted by atomic mass is 16.5. The highest BCUT2D eigenvalue weighted by Gasteiger charge is 2.30. The molecule has 0 bridgehead atoms. The van der Waals surface area contributed by atoms with Gasteiger partial charge in [0.05, 0.1) is 14.2 Å². The Labute approximate surface area is 90.4 Å². The van der Waals surface area contributed by atoms with Crippen LogP contribution in [0.4, 0.5) is 0 Å². The zero-order valence-electron chi connectivity index (χ0n) is 9.41. The van der Waals surface area contributed by atoms with Crippen LogP contribution in [-0.2, 0) is 0 Å². The number of hydrogen-bond donors (Lipinski definition) is 1. The SMILES string of the molecule is COc1ccc(OC)c(C2CNC2C)c1. The molecule has 1 aliphatic heterocycles. The molecule has 1 heterocycles. The molecule has 1 aromatic rings. The van der Waals surface area contributed by atoms with Gasteiger partial charge < -0.3 is 14.8 Å². The van der Waals surface area contributed by atoms with Crippen LogP contribution in [0.5, 0.6) is 11.5 Å². The molecule has 0 radical (unpaired) electrons. The third-order valence-electron chi connectivity index (χ3n) is 3.10. The van der Waals surface area contributed by atoms with Gasteiger partial charge in [0, 0.05) is 24.1 Å². The molecule has 15 heavy (non-hydrogen) atoms. The van der Waals surface area contributed by atoms with Gasteiger partial charge in [0.15, 0.2) is 0 Å². The zero-order valence-corrected chi connectivity index (χ0v) is 9.41. The third kappa shape index (κ3) is 1.79. The van der Waals surface area contributed by atoms with E-state index in [0.717, 1.165) is 18.0 Å². The van der Waals surface area contributed by atoms with Crippen LogP contribution in [0.1, 0.15) is 18.4 Å². The molecule has 2 unspecified atom stereocenters. The fraction of sp³-hybridized carbons (Fsp3) is 0.500. The molecule has 3 nitrogen and oxygen atoms in total. The lowest BCUT2D eigenvalue weighted by atomic mass is 9.85. The zero-order chi connectivity index (χ0) is 10.8. The van der Waals surface area contributed by atoms with Crippen molar-refractivity contribution >= 4 is 0 Å². The molecule has 1 aromatic carbocycles. The van der Waals surface area contributed by atoms with Gasteiger partial charge in [-0.3, -0.25) is 0 Å². The summed E-state index contributed by atoms with van der Waals surface area (Å²) in [4.78, 5) is 0. The van der Waals surface area contributed by atoms with Gasteiger partial charge in [-0.1, -0.05) is 0 Å². The predicted octanol–water partition coefficient (Wildman–Crippen LogP) is 1.78. The summed E-state index contributed by atoms with van der Waals surface area (Å²) in [6, 6.07) is 6.49. The summed E-state index contributed by atoms with van der Waals surface area (Å²) in [5.41, 5.74) is 1.24. The number of ether oxygens (including phenoxy) is 2. The standard InChI is InChI=1S/C12H17NO2/c1-8-11(7-13-8)10-6-9(14-2)4-5-12(10)15-3/h4-6,8,11,13H,7H2,1-3H3. The minimum absolute atomic E-state index is 0.519. The van der Waals surface area contributed by atoms with Crippen molar-refractivity contribution in [3.63, 3.8) is 0 Å². The van der Waals surface area contributed by atoms with Crippen molar-refractivity contribution in [3.05, 3.63) is 23.8 Å². The van der Waals surface area contributed by atoms with Gasteiger partial charge >= 0.3 is 0 Å². The molecule has 0 spiro atoms. The average molecular weight is 207 g/mol. The fourth-order valence-corrected chi connectivity index (χ4v) is 1.98. The Morgan fingerprint density at radius 2 is 2.07 bits per heavy atom. The fourth-order valence-electron chi connectivity index (χ4n) is 1.98. The maximum absolute atomic E-state index is 5.37. The van der Waals surface area contributed by atoms with E-state index in [1.54, 1.807) is 14.2 Å². The second kappa shape index (κ2) is 4.11. The molecular weight excluding hydrogens is 190 g/mol. The highest BCUT2D eigenvalue weighted by molar-refractivity contribution is 5.44. The van der Waals surface area contributed by atoms with Crippen LogP contribution in [0.25, 0.3) is 0 Å². The van der Waals surface area contributed by atoms with Crippen LogP contribution in [0.3, 0.4) is 0 Å². The Kier molecular flexibility index (Phi) is 2.82. The highest BCUT2D eigenvalue weighted by Crippen LogP contribution is 2.35. The molecule has 2 rings (SSSR count). The molecule has 82 valence electrons. The number of nitrogens with one attached hydrogen (secondary N) is 1. The molecule has 0 amide bonds. The van der Waals surface area contributed by atoms with Gasteiger partial charge in [-0.25, -0.2) is 0 Å². The van der Waals surface area contributed by atoms with E-state index in [2.05, 4.69) is 18.3 Å². The number of benzene rings is 1. The van der Waals surface area contributed by atoms with Crippen LogP contribution >= 0.6 is 0 Å². The summed E-state index contributed by atoms with van der Waals surface area (Å²) < 4.78 is 10.6. The van der Waals surface area contributed by atoms with E-state index in [4.69, 9.17) is 9.47 Å². The first-order valence-electron chi connectivity index (χ1n) is 5.21. The van der Waals surface area contributed by atoms with Crippen LogP contribution < -0.4 is 14.8 Å². The van der Waals surface area contributed by atoms with Gasteiger partial charge in [-0.2, -0.15) is 0 Å². The van der Waals surface area contributed by atoms with E-state index < -0.39 is 0 Å². The van der Waals surface area contributed by atoms with E-state index in [1.807, 2.05) is 12.1 Å². The second-order valence-corrected chi connectivity index (χ2v) is 3.91.